The number of aliphatic hydroxyl groups is 1. The quantitative estimate of drug-likeness (QED) is 0.769. The van der Waals surface area contributed by atoms with Gasteiger partial charge in [0.2, 0.25) is 5.91 Å². The molecular formula is C15H17NO5. The normalized spacial score (nSPS) is 13.9. The van der Waals surface area contributed by atoms with Gasteiger partial charge in [-0.25, -0.2) is 4.79 Å². The number of carbonyl (C=O) groups is 2. The van der Waals surface area contributed by atoms with Crippen LogP contribution in [0.3, 0.4) is 0 Å². The Bertz CT molecular complexity index is 686. The van der Waals surface area contributed by atoms with Crippen molar-refractivity contribution < 1.29 is 24.2 Å². The number of carboxylic acids is 1. The van der Waals surface area contributed by atoms with Crippen LogP contribution < -0.4 is 5.32 Å². The van der Waals surface area contributed by atoms with Crippen LogP contribution in [-0.4, -0.2) is 34.2 Å². The largest absolute Gasteiger partial charge is 0.479 e. The fourth-order valence-corrected chi connectivity index (χ4v) is 1.91. The topological polar surface area (TPSA) is 99.8 Å². The summed E-state index contributed by atoms with van der Waals surface area (Å²) in [5.74, 6) is -1.76. The summed E-state index contributed by atoms with van der Waals surface area (Å²) < 4.78 is 5.39. The molecule has 21 heavy (non-hydrogen) atoms. The Morgan fingerprint density at radius 3 is 2.76 bits per heavy atom. The number of hydrogen-bond donors (Lipinski definition) is 3. The molecule has 2 aromatic rings. The second-order valence-corrected chi connectivity index (χ2v) is 5.29. The van der Waals surface area contributed by atoms with Crippen LogP contribution in [0.15, 0.2) is 28.9 Å². The predicted molar refractivity (Wildman–Crippen MR) is 75.9 cm³/mol. The van der Waals surface area contributed by atoms with Crippen molar-refractivity contribution in [3.8, 4) is 0 Å². The maximum Gasteiger partial charge on any atom is 0.337 e. The molecule has 0 aliphatic rings. The number of benzene rings is 1. The zero-order valence-electron chi connectivity index (χ0n) is 11.8. The van der Waals surface area contributed by atoms with E-state index in [1.807, 2.05) is 25.1 Å². The van der Waals surface area contributed by atoms with Gasteiger partial charge in [0.05, 0.1) is 19.2 Å². The van der Waals surface area contributed by atoms with Gasteiger partial charge in [-0.1, -0.05) is 12.1 Å². The number of carboxylic acid groups (broad SMARTS) is 1. The Morgan fingerprint density at radius 2 is 2.10 bits per heavy atom. The number of rotatable bonds is 5. The number of hydrogen-bond acceptors (Lipinski definition) is 4. The van der Waals surface area contributed by atoms with Gasteiger partial charge in [0.15, 0.2) is 5.60 Å². The lowest BCUT2D eigenvalue weighted by Crippen LogP contribution is -2.46. The number of amides is 1. The van der Waals surface area contributed by atoms with Crippen molar-refractivity contribution in [3.63, 3.8) is 0 Å². The van der Waals surface area contributed by atoms with E-state index >= 15 is 0 Å². The molecule has 0 spiro atoms. The molecule has 0 aliphatic heterocycles. The van der Waals surface area contributed by atoms with Crippen molar-refractivity contribution in [3.05, 3.63) is 35.6 Å². The van der Waals surface area contributed by atoms with Crippen molar-refractivity contribution in [2.45, 2.75) is 25.9 Å². The van der Waals surface area contributed by atoms with Crippen molar-refractivity contribution in [1.82, 2.24) is 5.32 Å². The summed E-state index contributed by atoms with van der Waals surface area (Å²) in [5.41, 5.74) is 0.503. The zero-order chi connectivity index (χ0) is 15.6. The molecule has 1 aromatic carbocycles. The fourth-order valence-electron chi connectivity index (χ4n) is 1.91. The number of furan rings is 1. The molecule has 0 radical (unpaired) electrons. The molecule has 0 fully saturated rings. The van der Waals surface area contributed by atoms with E-state index in [1.165, 1.54) is 6.26 Å². The van der Waals surface area contributed by atoms with Gasteiger partial charge in [-0.3, -0.25) is 4.79 Å². The van der Waals surface area contributed by atoms with Crippen LogP contribution in [0.1, 0.15) is 18.1 Å². The molecule has 1 aromatic heterocycles. The summed E-state index contributed by atoms with van der Waals surface area (Å²) in [5, 5.41) is 21.6. The Morgan fingerprint density at radius 1 is 1.38 bits per heavy atom. The first-order chi connectivity index (χ1) is 9.79. The highest BCUT2D eigenvalue weighted by molar-refractivity contribution is 5.88. The highest BCUT2D eigenvalue weighted by Gasteiger charge is 2.30. The second-order valence-electron chi connectivity index (χ2n) is 5.29. The summed E-state index contributed by atoms with van der Waals surface area (Å²) in [6.45, 7) is 2.73. The van der Waals surface area contributed by atoms with E-state index in [2.05, 4.69) is 5.32 Å². The molecule has 112 valence electrons. The second kappa shape index (κ2) is 5.57. The molecule has 6 heteroatoms. The number of aliphatic carboxylic acids is 1. The van der Waals surface area contributed by atoms with Crippen LogP contribution >= 0.6 is 0 Å². The molecule has 0 saturated carbocycles. The van der Waals surface area contributed by atoms with Gasteiger partial charge < -0.3 is 19.9 Å². The monoisotopic (exact) mass is 291 g/mol. The molecule has 1 heterocycles. The highest BCUT2D eigenvalue weighted by atomic mass is 16.4. The lowest BCUT2D eigenvalue weighted by atomic mass is 10.1. The standard InChI is InChI=1S/C15H17NO5/c1-9-3-4-11-10(7-21-12(11)5-9)6-13(17)16-8-15(2,20)14(18)19/h3-5,7,20H,6,8H2,1-2H3,(H,16,17)(H,18,19). The molecule has 1 unspecified atom stereocenters. The average molecular weight is 291 g/mol. The molecule has 0 aliphatic carbocycles. The number of aryl methyl sites for hydroxylation is 1. The van der Waals surface area contributed by atoms with E-state index in [0.717, 1.165) is 23.4 Å². The lowest BCUT2D eigenvalue weighted by molar-refractivity contribution is -0.156. The van der Waals surface area contributed by atoms with Gasteiger partial charge in [0.25, 0.3) is 0 Å². The third kappa shape index (κ3) is 3.41. The smallest absolute Gasteiger partial charge is 0.337 e. The van der Waals surface area contributed by atoms with Crippen molar-refractivity contribution in [1.29, 1.82) is 0 Å². The predicted octanol–water partition coefficient (Wildman–Crippen LogP) is 1.24. The van der Waals surface area contributed by atoms with Gasteiger partial charge in [0.1, 0.15) is 5.58 Å². The van der Waals surface area contributed by atoms with Crippen molar-refractivity contribution in [2.75, 3.05) is 6.54 Å². The number of nitrogens with one attached hydrogen (secondary N) is 1. The van der Waals surface area contributed by atoms with E-state index in [-0.39, 0.29) is 18.9 Å². The summed E-state index contributed by atoms with van der Waals surface area (Å²) in [7, 11) is 0. The highest BCUT2D eigenvalue weighted by Crippen LogP contribution is 2.22. The maximum absolute atomic E-state index is 11.8. The van der Waals surface area contributed by atoms with Gasteiger partial charge in [-0.05, 0) is 25.5 Å². The first-order valence-corrected chi connectivity index (χ1v) is 6.49. The van der Waals surface area contributed by atoms with E-state index in [4.69, 9.17) is 9.52 Å². The van der Waals surface area contributed by atoms with E-state index in [0.29, 0.717) is 5.58 Å². The fraction of sp³-hybridized carbons (Fsp3) is 0.333. The average Bonchev–Trinajstić information content (AvgIpc) is 2.78. The maximum atomic E-state index is 11.8. The van der Waals surface area contributed by atoms with Crippen LogP contribution in [0.5, 0.6) is 0 Å². The van der Waals surface area contributed by atoms with E-state index in [1.54, 1.807) is 0 Å². The number of fused-ring (bicyclic) bond motifs is 1. The van der Waals surface area contributed by atoms with E-state index in [9.17, 15) is 14.7 Å². The third-order valence-electron chi connectivity index (χ3n) is 3.25. The van der Waals surface area contributed by atoms with Gasteiger partial charge >= 0.3 is 5.97 Å². The lowest BCUT2D eigenvalue weighted by Gasteiger charge is -2.18. The van der Waals surface area contributed by atoms with E-state index < -0.39 is 11.6 Å². The van der Waals surface area contributed by atoms with Crippen molar-refractivity contribution in [2.24, 2.45) is 0 Å². The minimum absolute atomic E-state index is 0.0613. The summed E-state index contributed by atoms with van der Waals surface area (Å²) in [6.07, 6.45) is 1.57. The minimum Gasteiger partial charge on any atom is -0.479 e. The Hall–Kier alpha value is -2.34. The molecule has 1 atom stereocenters. The Balaban J connectivity index is 2.04. The zero-order valence-corrected chi connectivity index (χ0v) is 11.8. The molecule has 2 rings (SSSR count). The first kappa shape index (κ1) is 15.1. The first-order valence-electron chi connectivity index (χ1n) is 6.49. The SMILES string of the molecule is Cc1ccc2c(CC(=O)NCC(C)(O)C(=O)O)coc2c1. The van der Waals surface area contributed by atoms with Crippen LogP contribution in [0.25, 0.3) is 11.0 Å². The minimum atomic E-state index is -1.98. The number of carbonyl (C=O) groups excluding carboxylic acids is 1. The van der Waals surface area contributed by atoms with Crippen LogP contribution in [-0.2, 0) is 16.0 Å². The Kier molecular flexibility index (Phi) is 3.99. The van der Waals surface area contributed by atoms with Crippen LogP contribution in [0.2, 0.25) is 0 Å². The van der Waals surface area contributed by atoms with Gasteiger partial charge in [0, 0.05) is 10.9 Å². The molecule has 6 nitrogen and oxygen atoms in total. The van der Waals surface area contributed by atoms with Gasteiger partial charge in [-0.15, -0.1) is 0 Å². The Labute approximate surface area is 121 Å². The van der Waals surface area contributed by atoms with Crippen LogP contribution in [0, 0.1) is 6.92 Å². The van der Waals surface area contributed by atoms with Crippen LogP contribution in [0.4, 0.5) is 0 Å². The van der Waals surface area contributed by atoms with Gasteiger partial charge in [-0.2, -0.15) is 0 Å². The molecule has 0 saturated heterocycles. The van der Waals surface area contributed by atoms with Crippen molar-refractivity contribution >= 4 is 22.8 Å². The molecule has 0 bridgehead atoms. The third-order valence-corrected chi connectivity index (χ3v) is 3.25. The molecule has 3 N–H and O–H groups in total. The molecule has 1 amide bonds. The summed E-state index contributed by atoms with van der Waals surface area (Å²) >= 11 is 0. The molecular weight excluding hydrogens is 274 g/mol. The summed E-state index contributed by atoms with van der Waals surface area (Å²) in [6, 6.07) is 5.69. The summed E-state index contributed by atoms with van der Waals surface area (Å²) in [4.78, 5) is 22.6.